The quantitative estimate of drug-likeness (QED) is 0.483. The van der Waals surface area contributed by atoms with Gasteiger partial charge in [0.1, 0.15) is 5.75 Å². The van der Waals surface area contributed by atoms with Crippen LogP contribution in [0.4, 0.5) is 14.5 Å². The summed E-state index contributed by atoms with van der Waals surface area (Å²) in [7, 11) is 0. The van der Waals surface area contributed by atoms with Crippen molar-refractivity contribution in [1.29, 1.82) is 0 Å². The molecule has 3 N–H and O–H groups in total. The first-order chi connectivity index (χ1) is 12.5. The van der Waals surface area contributed by atoms with E-state index in [1.165, 1.54) is 0 Å². The SMILES string of the molecule is CCNC(=NCC(C)CO)NC1CCN(c2ccccc2OC(F)F)C1. The summed E-state index contributed by atoms with van der Waals surface area (Å²) in [5, 5.41) is 15.7. The Kier molecular flexibility index (Phi) is 7.90. The number of guanidine groups is 1. The van der Waals surface area contributed by atoms with Crippen molar-refractivity contribution in [2.45, 2.75) is 32.9 Å². The number of nitrogens with one attached hydrogen (secondary N) is 2. The van der Waals surface area contributed by atoms with Crippen molar-refractivity contribution in [3.8, 4) is 5.75 Å². The van der Waals surface area contributed by atoms with Gasteiger partial charge in [-0.2, -0.15) is 8.78 Å². The zero-order valence-corrected chi connectivity index (χ0v) is 15.3. The smallest absolute Gasteiger partial charge is 0.387 e. The standard InChI is InChI=1S/C18H28F2N4O2/c1-3-21-18(22-10-13(2)12-25)23-14-8-9-24(11-14)15-6-4-5-7-16(15)26-17(19)20/h4-7,13-14,17,25H,3,8-12H2,1-2H3,(H2,21,22,23). The van der Waals surface area contributed by atoms with Crippen molar-refractivity contribution in [2.24, 2.45) is 10.9 Å². The predicted octanol–water partition coefficient (Wildman–Crippen LogP) is 2.05. The minimum atomic E-state index is -2.84. The highest BCUT2D eigenvalue weighted by Crippen LogP contribution is 2.31. The van der Waals surface area contributed by atoms with Gasteiger partial charge in [-0.3, -0.25) is 4.99 Å². The van der Waals surface area contributed by atoms with Crippen LogP contribution in [-0.2, 0) is 0 Å². The molecular formula is C18H28F2N4O2. The van der Waals surface area contributed by atoms with Crippen molar-refractivity contribution < 1.29 is 18.6 Å². The van der Waals surface area contributed by atoms with Crippen LogP contribution in [0.5, 0.6) is 5.75 Å². The molecular weight excluding hydrogens is 342 g/mol. The number of hydrogen-bond acceptors (Lipinski definition) is 4. The molecule has 1 fully saturated rings. The molecule has 0 aromatic heterocycles. The molecule has 1 aromatic rings. The molecule has 0 amide bonds. The van der Waals surface area contributed by atoms with E-state index in [-0.39, 0.29) is 24.3 Å². The summed E-state index contributed by atoms with van der Waals surface area (Å²) >= 11 is 0. The third-order valence-corrected chi connectivity index (χ3v) is 4.17. The molecule has 26 heavy (non-hydrogen) atoms. The molecule has 2 unspecified atom stereocenters. The van der Waals surface area contributed by atoms with E-state index in [2.05, 4.69) is 20.4 Å². The number of halogens is 2. The lowest BCUT2D eigenvalue weighted by molar-refractivity contribution is -0.0495. The molecule has 0 aliphatic carbocycles. The Labute approximate surface area is 153 Å². The van der Waals surface area contributed by atoms with Gasteiger partial charge in [-0.1, -0.05) is 19.1 Å². The Morgan fingerprint density at radius 1 is 1.42 bits per heavy atom. The number of para-hydroxylation sites is 2. The Balaban J connectivity index is 1.99. The monoisotopic (exact) mass is 370 g/mol. The van der Waals surface area contributed by atoms with Gasteiger partial charge < -0.3 is 25.4 Å². The second-order valence-electron chi connectivity index (χ2n) is 6.43. The molecule has 1 aliphatic heterocycles. The lowest BCUT2D eigenvalue weighted by Crippen LogP contribution is -2.44. The van der Waals surface area contributed by atoms with Crippen LogP contribution in [0.3, 0.4) is 0 Å². The lowest BCUT2D eigenvalue weighted by Gasteiger charge is -2.22. The molecule has 2 rings (SSSR count). The number of alkyl halides is 2. The number of rotatable bonds is 8. The number of aliphatic imine (C=N–C) groups is 1. The number of ether oxygens (including phenoxy) is 1. The average Bonchev–Trinajstić information content (AvgIpc) is 3.07. The fourth-order valence-electron chi connectivity index (χ4n) is 2.83. The second-order valence-corrected chi connectivity index (χ2v) is 6.43. The van der Waals surface area contributed by atoms with Gasteiger partial charge in [-0.05, 0) is 31.4 Å². The van der Waals surface area contributed by atoms with Gasteiger partial charge in [0.25, 0.3) is 0 Å². The molecule has 1 aliphatic rings. The normalized spacial score (nSPS) is 18.9. The summed E-state index contributed by atoms with van der Waals surface area (Å²) < 4.78 is 29.8. The molecule has 1 heterocycles. The van der Waals surface area contributed by atoms with Gasteiger partial charge in [-0.25, -0.2) is 0 Å². The molecule has 0 saturated carbocycles. The fourth-order valence-corrected chi connectivity index (χ4v) is 2.83. The number of aliphatic hydroxyl groups is 1. The topological polar surface area (TPSA) is 69.1 Å². The zero-order chi connectivity index (χ0) is 18.9. The van der Waals surface area contributed by atoms with E-state index < -0.39 is 6.61 Å². The van der Waals surface area contributed by atoms with E-state index in [0.717, 1.165) is 19.5 Å². The Bertz CT molecular complexity index is 586. The number of benzene rings is 1. The van der Waals surface area contributed by atoms with Crippen LogP contribution >= 0.6 is 0 Å². The Hall–Kier alpha value is -2.09. The van der Waals surface area contributed by atoms with Gasteiger partial charge in [0.2, 0.25) is 0 Å². The third kappa shape index (κ3) is 6.01. The summed E-state index contributed by atoms with van der Waals surface area (Å²) in [4.78, 5) is 6.53. The van der Waals surface area contributed by atoms with Crippen LogP contribution < -0.4 is 20.3 Å². The predicted molar refractivity (Wildman–Crippen MR) is 99.1 cm³/mol. The Morgan fingerprint density at radius 2 is 2.19 bits per heavy atom. The molecule has 2 atom stereocenters. The molecule has 0 spiro atoms. The van der Waals surface area contributed by atoms with Crippen molar-refractivity contribution in [1.82, 2.24) is 10.6 Å². The molecule has 0 bridgehead atoms. The summed E-state index contributed by atoms with van der Waals surface area (Å²) in [5.74, 6) is 1.00. The molecule has 8 heteroatoms. The van der Waals surface area contributed by atoms with Gasteiger partial charge >= 0.3 is 6.61 Å². The van der Waals surface area contributed by atoms with E-state index in [4.69, 9.17) is 5.11 Å². The molecule has 1 aromatic carbocycles. The maximum absolute atomic E-state index is 12.6. The molecule has 6 nitrogen and oxygen atoms in total. The average molecular weight is 370 g/mol. The van der Waals surface area contributed by atoms with Gasteiger partial charge in [-0.15, -0.1) is 0 Å². The van der Waals surface area contributed by atoms with E-state index >= 15 is 0 Å². The van der Waals surface area contributed by atoms with E-state index in [0.29, 0.717) is 24.7 Å². The van der Waals surface area contributed by atoms with Crippen molar-refractivity contribution in [3.05, 3.63) is 24.3 Å². The second kappa shape index (κ2) is 10.2. The maximum atomic E-state index is 12.6. The van der Waals surface area contributed by atoms with Crippen molar-refractivity contribution in [3.63, 3.8) is 0 Å². The van der Waals surface area contributed by atoms with Crippen LogP contribution in [0.25, 0.3) is 0 Å². The van der Waals surface area contributed by atoms with Crippen molar-refractivity contribution in [2.75, 3.05) is 37.7 Å². The van der Waals surface area contributed by atoms with Crippen LogP contribution in [-0.4, -0.2) is 56.5 Å². The van der Waals surface area contributed by atoms with Crippen LogP contribution in [0, 0.1) is 5.92 Å². The number of hydrogen-bond donors (Lipinski definition) is 3. The minimum absolute atomic E-state index is 0.0982. The van der Waals surface area contributed by atoms with Crippen LogP contribution in [0.2, 0.25) is 0 Å². The fraction of sp³-hybridized carbons (Fsp3) is 0.611. The first kappa shape index (κ1) is 20.2. The zero-order valence-electron chi connectivity index (χ0n) is 15.3. The largest absolute Gasteiger partial charge is 0.433 e. The van der Waals surface area contributed by atoms with Gasteiger partial charge in [0, 0.05) is 38.8 Å². The van der Waals surface area contributed by atoms with Crippen molar-refractivity contribution >= 4 is 11.6 Å². The highest BCUT2D eigenvalue weighted by Gasteiger charge is 2.26. The van der Waals surface area contributed by atoms with Gasteiger partial charge in [0.05, 0.1) is 5.69 Å². The molecule has 146 valence electrons. The Morgan fingerprint density at radius 3 is 2.88 bits per heavy atom. The first-order valence-electron chi connectivity index (χ1n) is 8.98. The first-order valence-corrected chi connectivity index (χ1v) is 8.98. The highest BCUT2D eigenvalue weighted by atomic mass is 19.3. The molecule has 0 radical (unpaired) electrons. The number of anilines is 1. The van der Waals surface area contributed by atoms with Crippen LogP contribution in [0.1, 0.15) is 20.3 Å². The summed E-state index contributed by atoms with van der Waals surface area (Å²) in [5.41, 5.74) is 0.674. The highest BCUT2D eigenvalue weighted by molar-refractivity contribution is 5.80. The number of aliphatic hydroxyl groups excluding tert-OH is 1. The summed E-state index contributed by atoms with van der Waals surface area (Å²) in [6.45, 7) is 3.87. The lowest BCUT2D eigenvalue weighted by atomic mass is 10.2. The maximum Gasteiger partial charge on any atom is 0.387 e. The number of nitrogens with zero attached hydrogens (tertiary/aromatic N) is 2. The minimum Gasteiger partial charge on any atom is -0.433 e. The van der Waals surface area contributed by atoms with E-state index in [9.17, 15) is 8.78 Å². The van der Waals surface area contributed by atoms with E-state index in [1.807, 2.05) is 24.8 Å². The van der Waals surface area contributed by atoms with Crippen LogP contribution in [0.15, 0.2) is 29.3 Å². The summed E-state index contributed by atoms with van der Waals surface area (Å²) in [6, 6.07) is 7.00. The summed E-state index contributed by atoms with van der Waals surface area (Å²) in [6.07, 6.45) is 0.864. The van der Waals surface area contributed by atoms with Gasteiger partial charge in [0.15, 0.2) is 5.96 Å². The van der Waals surface area contributed by atoms with E-state index in [1.54, 1.807) is 18.2 Å². The molecule has 1 saturated heterocycles. The third-order valence-electron chi connectivity index (χ3n) is 4.17.